The molecule has 0 heterocycles. The quantitative estimate of drug-likeness (QED) is 0.910. The smallest absolute Gasteiger partial charge is 0.158 e. The van der Waals surface area contributed by atoms with E-state index < -0.39 is 0 Å². The molecule has 0 aromatic heterocycles. The molecule has 0 aliphatic heterocycles. The Kier molecular flexibility index (Phi) is 3.82. The van der Waals surface area contributed by atoms with Crippen molar-refractivity contribution < 1.29 is 9.18 Å². The van der Waals surface area contributed by atoms with Gasteiger partial charge in [0.25, 0.3) is 0 Å². The number of halogens is 1. The first-order valence-electron chi connectivity index (χ1n) is 7.01. The lowest BCUT2D eigenvalue weighted by molar-refractivity contribution is -0.115. The number of ketones is 1. The van der Waals surface area contributed by atoms with Crippen LogP contribution in [0.15, 0.2) is 66.4 Å². The van der Waals surface area contributed by atoms with Crippen molar-refractivity contribution in [3.63, 3.8) is 0 Å². The molecule has 21 heavy (non-hydrogen) atoms. The van der Waals surface area contributed by atoms with Gasteiger partial charge < -0.3 is 5.32 Å². The number of anilines is 1. The molecule has 1 N–H and O–H groups in total. The highest BCUT2D eigenvalue weighted by Crippen LogP contribution is 2.31. The molecule has 0 saturated carbocycles. The maximum absolute atomic E-state index is 12.9. The molecule has 0 amide bonds. The van der Waals surface area contributed by atoms with Crippen LogP contribution in [-0.4, -0.2) is 5.78 Å². The van der Waals surface area contributed by atoms with Gasteiger partial charge in [-0.2, -0.15) is 0 Å². The van der Waals surface area contributed by atoms with E-state index in [0.717, 1.165) is 17.8 Å². The third-order valence-electron chi connectivity index (χ3n) is 3.67. The second-order valence-corrected chi connectivity index (χ2v) is 5.28. The fourth-order valence-electron chi connectivity index (χ4n) is 2.66. The summed E-state index contributed by atoms with van der Waals surface area (Å²) in [7, 11) is 0. The van der Waals surface area contributed by atoms with Crippen LogP contribution < -0.4 is 5.32 Å². The van der Waals surface area contributed by atoms with E-state index in [0.29, 0.717) is 6.42 Å². The number of hydrogen-bond donors (Lipinski definition) is 1. The summed E-state index contributed by atoms with van der Waals surface area (Å²) in [5, 5.41) is 3.21. The van der Waals surface area contributed by atoms with Gasteiger partial charge in [0.15, 0.2) is 5.78 Å². The molecule has 0 spiro atoms. The van der Waals surface area contributed by atoms with Crippen molar-refractivity contribution in [1.29, 1.82) is 0 Å². The standard InChI is InChI=1S/C18H16FNO/c19-15-6-8-16(9-7-15)20-17-10-14(11-18(21)12-17)13-4-2-1-3-5-13/h1-9,12,14,20H,10-11H2. The van der Waals surface area contributed by atoms with E-state index in [1.807, 2.05) is 18.2 Å². The van der Waals surface area contributed by atoms with E-state index in [2.05, 4.69) is 17.4 Å². The zero-order chi connectivity index (χ0) is 14.7. The van der Waals surface area contributed by atoms with Gasteiger partial charge in [0.05, 0.1) is 0 Å². The SMILES string of the molecule is O=C1C=C(Nc2ccc(F)cc2)CC(c2ccccc2)C1. The van der Waals surface area contributed by atoms with Crippen molar-refractivity contribution in [2.45, 2.75) is 18.8 Å². The maximum Gasteiger partial charge on any atom is 0.158 e. The summed E-state index contributed by atoms with van der Waals surface area (Å²) in [6.07, 6.45) is 2.98. The highest BCUT2D eigenvalue weighted by atomic mass is 19.1. The number of hydrogen-bond acceptors (Lipinski definition) is 2. The molecule has 2 aromatic rings. The normalized spacial score (nSPS) is 18.2. The molecule has 1 aliphatic rings. The fourth-order valence-corrected chi connectivity index (χ4v) is 2.66. The molecule has 2 aromatic carbocycles. The lowest BCUT2D eigenvalue weighted by Crippen LogP contribution is -2.16. The van der Waals surface area contributed by atoms with Crippen LogP contribution in [0.1, 0.15) is 24.3 Å². The van der Waals surface area contributed by atoms with Crippen LogP contribution in [0.5, 0.6) is 0 Å². The predicted octanol–water partition coefficient (Wildman–Crippen LogP) is 4.27. The van der Waals surface area contributed by atoms with Crippen molar-refractivity contribution >= 4 is 11.5 Å². The van der Waals surface area contributed by atoms with E-state index in [9.17, 15) is 9.18 Å². The van der Waals surface area contributed by atoms with Gasteiger partial charge in [-0.3, -0.25) is 4.79 Å². The minimum atomic E-state index is -0.267. The van der Waals surface area contributed by atoms with Gasteiger partial charge in [-0.15, -0.1) is 0 Å². The van der Waals surface area contributed by atoms with Gasteiger partial charge in [0.2, 0.25) is 0 Å². The Hall–Kier alpha value is -2.42. The molecule has 3 heteroatoms. The first kappa shape index (κ1) is 13.6. The van der Waals surface area contributed by atoms with Crippen molar-refractivity contribution in [2.24, 2.45) is 0 Å². The Balaban J connectivity index is 1.76. The zero-order valence-electron chi connectivity index (χ0n) is 11.6. The average Bonchev–Trinajstić information content (AvgIpc) is 2.50. The first-order valence-corrected chi connectivity index (χ1v) is 7.01. The molecule has 1 atom stereocenters. The van der Waals surface area contributed by atoms with E-state index in [-0.39, 0.29) is 17.5 Å². The van der Waals surface area contributed by atoms with Crippen LogP contribution in [0, 0.1) is 5.82 Å². The molecule has 3 rings (SSSR count). The van der Waals surface area contributed by atoms with Crippen molar-refractivity contribution in [3.8, 4) is 0 Å². The number of rotatable bonds is 3. The number of allylic oxidation sites excluding steroid dienone is 2. The number of nitrogens with one attached hydrogen (secondary N) is 1. The summed E-state index contributed by atoms with van der Waals surface area (Å²) in [6, 6.07) is 16.2. The monoisotopic (exact) mass is 281 g/mol. The number of carbonyl (C=O) groups excluding carboxylic acids is 1. The van der Waals surface area contributed by atoms with Crippen LogP contribution in [0.25, 0.3) is 0 Å². The van der Waals surface area contributed by atoms with Gasteiger partial charge in [-0.25, -0.2) is 4.39 Å². The Morgan fingerprint density at radius 2 is 1.67 bits per heavy atom. The van der Waals surface area contributed by atoms with Crippen molar-refractivity contribution in [1.82, 2.24) is 0 Å². The van der Waals surface area contributed by atoms with Gasteiger partial charge >= 0.3 is 0 Å². The summed E-state index contributed by atoms with van der Waals surface area (Å²) >= 11 is 0. The summed E-state index contributed by atoms with van der Waals surface area (Å²) < 4.78 is 12.9. The molecule has 0 fully saturated rings. The minimum absolute atomic E-state index is 0.125. The van der Waals surface area contributed by atoms with Crippen LogP contribution in [-0.2, 0) is 4.79 Å². The van der Waals surface area contributed by atoms with Gasteiger partial charge in [0.1, 0.15) is 5.82 Å². The minimum Gasteiger partial charge on any atom is -0.359 e. The Morgan fingerprint density at radius 1 is 0.952 bits per heavy atom. The lowest BCUT2D eigenvalue weighted by Gasteiger charge is -2.23. The van der Waals surface area contributed by atoms with Gasteiger partial charge in [-0.05, 0) is 42.2 Å². The molecular weight excluding hydrogens is 265 g/mol. The fraction of sp³-hybridized carbons (Fsp3) is 0.167. The molecule has 0 bridgehead atoms. The molecule has 106 valence electrons. The van der Waals surface area contributed by atoms with E-state index >= 15 is 0 Å². The summed E-state index contributed by atoms with van der Waals surface area (Å²) in [5.74, 6) is 0.0581. The molecule has 1 unspecified atom stereocenters. The molecular formula is C18H16FNO. The second-order valence-electron chi connectivity index (χ2n) is 5.28. The van der Waals surface area contributed by atoms with E-state index in [1.54, 1.807) is 18.2 Å². The third-order valence-corrected chi connectivity index (χ3v) is 3.67. The van der Waals surface area contributed by atoms with Gasteiger partial charge in [-0.1, -0.05) is 30.3 Å². The van der Waals surface area contributed by atoms with Crippen molar-refractivity contribution in [2.75, 3.05) is 5.32 Å². The Bertz CT molecular complexity index is 661. The number of carbonyl (C=O) groups is 1. The highest BCUT2D eigenvalue weighted by Gasteiger charge is 2.22. The summed E-state index contributed by atoms with van der Waals surface area (Å²) in [5.41, 5.74) is 2.85. The molecule has 0 radical (unpaired) electrons. The summed E-state index contributed by atoms with van der Waals surface area (Å²) in [6.45, 7) is 0. The topological polar surface area (TPSA) is 29.1 Å². The Morgan fingerprint density at radius 3 is 2.38 bits per heavy atom. The zero-order valence-corrected chi connectivity index (χ0v) is 11.6. The van der Waals surface area contributed by atoms with Crippen LogP contribution >= 0.6 is 0 Å². The third kappa shape index (κ3) is 3.37. The average molecular weight is 281 g/mol. The van der Waals surface area contributed by atoms with Crippen LogP contribution in [0.4, 0.5) is 10.1 Å². The van der Waals surface area contributed by atoms with Crippen molar-refractivity contribution in [3.05, 3.63) is 77.8 Å². The summed E-state index contributed by atoms with van der Waals surface area (Å²) in [4.78, 5) is 11.9. The van der Waals surface area contributed by atoms with Crippen LogP contribution in [0.2, 0.25) is 0 Å². The second kappa shape index (κ2) is 5.92. The lowest BCUT2D eigenvalue weighted by atomic mass is 9.85. The molecule has 0 saturated heterocycles. The van der Waals surface area contributed by atoms with E-state index in [4.69, 9.17) is 0 Å². The maximum atomic E-state index is 12.9. The molecule has 2 nitrogen and oxygen atoms in total. The predicted molar refractivity (Wildman–Crippen MR) is 81.5 cm³/mol. The number of benzene rings is 2. The largest absolute Gasteiger partial charge is 0.359 e. The highest BCUT2D eigenvalue weighted by molar-refractivity contribution is 5.92. The Labute approximate surface area is 123 Å². The molecule has 1 aliphatic carbocycles. The first-order chi connectivity index (χ1) is 10.2. The van der Waals surface area contributed by atoms with E-state index in [1.165, 1.54) is 17.7 Å². The van der Waals surface area contributed by atoms with Crippen LogP contribution in [0.3, 0.4) is 0 Å². The van der Waals surface area contributed by atoms with Gasteiger partial charge in [0, 0.05) is 23.9 Å².